The second-order valence-corrected chi connectivity index (χ2v) is 11.2. The first kappa shape index (κ1) is 23.5. The smallest absolute Gasteiger partial charge is 0.257 e. The number of benzene rings is 2. The number of sulfonamides is 1. The van der Waals surface area contributed by atoms with Crippen LogP contribution in [0.15, 0.2) is 52.7 Å². The molecule has 0 spiro atoms. The molecule has 1 aromatic heterocycles. The molecule has 33 heavy (non-hydrogen) atoms. The minimum Gasteiger partial charge on any atom is -0.298 e. The van der Waals surface area contributed by atoms with E-state index in [4.69, 9.17) is 0 Å². The third-order valence-corrected chi connectivity index (χ3v) is 8.09. The molecule has 0 radical (unpaired) electrons. The van der Waals surface area contributed by atoms with Gasteiger partial charge in [-0.15, -0.1) is 11.3 Å². The number of anilines is 1. The maximum Gasteiger partial charge on any atom is 0.257 e. The van der Waals surface area contributed by atoms with Crippen LogP contribution in [-0.2, 0) is 10.0 Å². The van der Waals surface area contributed by atoms with E-state index in [1.54, 1.807) is 5.38 Å². The number of rotatable bonds is 5. The standard InChI is InChI=1S/C23H23F2N3O3S2/c1-14-8-15(2)12-28(11-14)33(30,31)18-5-3-4-17(9-18)22(29)27-23-26-21(13-32-23)16-6-7-19(24)20(25)10-16/h3-7,9-10,13-15H,8,11-12H2,1-2H3,(H,26,27,29). The van der Waals surface area contributed by atoms with Crippen molar-refractivity contribution in [3.05, 3.63) is 65.0 Å². The van der Waals surface area contributed by atoms with Crippen molar-refractivity contribution in [2.75, 3.05) is 18.4 Å². The predicted octanol–water partition coefficient (Wildman–Crippen LogP) is 5.01. The predicted molar refractivity (Wildman–Crippen MR) is 124 cm³/mol. The summed E-state index contributed by atoms with van der Waals surface area (Å²) in [5.74, 6) is -1.92. The minimum atomic E-state index is -3.72. The molecule has 0 saturated carbocycles. The monoisotopic (exact) mass is 491 g/mol. The van der Waals surface area contributed by atoms with Gasteiger partial charge in [-0.25, -0.2) is 22.2 Å². The second kappa shape index (κ2) is 9.28. The number of nitrogens with zero attached hydrogens (tertiary/aromatic N) is 2. The first-order valence-electron chi connectivity index (χ1n) is 10.5. The maximum absolute atomic E-state index is 13.5. The molecule has 6 nitrogen and oxygen atoms in total. The summed E-state index contributed by atoms with van der Waals surface area (Å²) in [6, 6.07) is 9.35. The van der Waals surface area contributed by atoms with Gasteiger partial charge in [0.15, 0.2) is 16.8 Å². The number of piperidine rings is 1. The van der Waals surface area contributed by atoms with Crippen LogP contribution >= 0.6 is 11.3 Å². The summed E-state index contributed by atoms with van der Waals surface area (Å²) < 4.78 is 54.4. The van der Waals surface area contributed by atoms with Gasteiger partial charge in [-0.05, 0) is 54.7 Å². The Labute approximate surface area is 195 Å². The van der Waals surface area contributed by atoms with Crippen molar-refractivity contribution in [2.24, 2.45) is 11.8 Å². The summed E-state index contributed by atoms with van der Waals surface area (Å²) in [7, 11) is -3.72. The van der Waals surface area contributed by atoms with Gasteiger partial charge < -0.3 is 0 Å². The molecule has 2 aromatic carbocycles. The summed E-state index contributed by atoms with van der Waals surface area (Å²) in [5.41, 5.74) is 0.946. The zero-order valence-corrected chi connectivity index (χ0v) is 19.7. The molecular weight excluding hydrogens is 468 g/mol. The number of nitrogens with one attached hydrogen (secondary N) is 1. The zero-order chi connectivity index (χ0) is 23.8. The van der Waals surface area contributed by atoms with Crippen LogP contribution in [0.25, 0.3) is 11.3 Å². The van der Waals surface area contributed by atoms with Crippen LogP contribution in [0.4, 0.5) is 13.9 Å². The van der Waals surface area contributed by atoms with Gasteiger partial charge in [0.05, 0.1) is 10.6 Å². The average Bonchev–Trinajstić information content (AvgIpc) is 3.23. The Balaban J connectivity index is 1.51. The van der Waals surface area contributed by atoms with E-state index in [-0.39, 0.29) is 27.4 Å². The van der Waals surface area contributed by atoms with Gasteiger partial charge in [0.1, 0.15) is 0 Å². The van der Waals surface area contributed by atoms with Crippen LogP contribution in [0.5, 0.6) is 0 Å². The largest absolute Gasteiger partial charge is 0.298 e. The van der Waals surface area contributed by atoms with Crippen LogP contribution in [0.3, 0.4) is 0 Å². The molecular formula is C23H23F2N3O3S2. The summed E-state index contributed by atoms with van der Waals surface area (Å²) in [5, 5.41) is 4.51. The molecule has 3 aromatic rings. The van der Waals surface area contributed by atoms with E-state index in [0.29, 0.717) is 24.3 Å². The Morgan fingerprint density at radius 2 is 1.82 bits per heavy atom. The third kappa shape index (κ3) is 5.13. The number of thiazole rings is 1. The Hall–Kier alpha value is -2.69. The van der Waals surface area contributed by atoms with Crippen molar-refractivity contribution >= 4 is 32.4 Å². The van der Waals surface area contributed by atoms with Crippen LogP contribution in [-0.4, -0.2) is 36.7 Å². The molecule has 2 atom stereocenters. The van der Waals surface area contributed by atoms with Crippen LogP contribution in [0.2, 0.25) is 0 Å². The number of halogens is 2. The van der Waals surface area contributed by atoms with Crippen LogP contribution in [0, 0.1) is 23.5 Å². The number of hydrogen-bond donors (Lipinski definition) is 1. The van der Waals surface area contributed by atoms with E-state index in [2.05, 4.69) is 10.3 Å². The van der Waals surface area contributed by atoms with Crippen molar-refractivity contribution in [3.63, 3.8) is 0 Å². The van der Waals surface area contributed by atoms with Gasteiger partial charge in [0.2, 0.25) is 10.0 Å². The summed E-state index contributed by atoms with van der Waals surface area (Å²) in [6.07, 6.45) is 0.981. The molecule has 1 N–H and O–H groups in total. The normalized spacial score (nSPS) is 19.4. The quantitative estimate of drug-likeness (QED) is 0.544. The number of carbonyl (C=O) groups is 1. The van der Waals surface area contributed by atoms with E-state index >= 15 is 0 Å². The summed E-state index contributed by atoms with van der Waals surface area (Å²) in [6.45, 7) is 4.97. The lowest BCUT2D eigenvalue weighted by atomic mass is 9.94. The fourth-order valence-corrected chi connectivity index (χ4v) is 6.48. The lowest BCUT2D eigenvalue weighted by Crippen LogP contribution is -2.42. The van der Waals surface area contributed by atoms with Crippen molar-refractivity contribution < 1.29 is 22.0 Å². The summed E-state index contributed by atoms with van der Waals surface area (Å²) in [4.78, 5) is 17.1. The van der Waals surface area contributed by atoms with Gasteiger partial charge in [0.25, 0.3) is 5.91 Å². The van der Waals surface area contributed by atoms with E-state index in [0.717, 1.165) is 29.9 Å². The summed E-state index contributed by atoms with van der Waals surface area (Å²) >= 11 is 1.12. The van der Waals surface area contributed by atoms with E-state index in [9.17, 15) is 22.0 Å². The highest BCUT2D eigenvalue weighted by molar-refractivity contribution is 7.89. The number of amides is 1. The van der Waals surface area contributed by atoms with E-state index in [1.165, 1.54) is 34.6 Å². The van der Waals surface area contributed by atoms with Gasteiger partial charge in [-0.3, -0.25) is 10.1 Å². The lowest BCUT2D eigenvalue weighted by Gasteiger charge is -2.34. The average molecular weight is 492 g/mol. The van der Waals surface area contributed by atoms with E-state index < -0.39 is 27.6 Å². The molecule has 0 aliphatic carbocycles. The highest BCUT2D eigenvalue weighted by atomic mass is 32.2. The van der Waals surface area contributed by atoms with Crippen molar-refractivity contribution in [1.29, 1.82) is 0 Å². The van der Waals surface area contributed by atoms with Crippen molar-refractivity contribution in [1.82, 2.24) is 9.29 Å². The van der Waals surface area contributed by atoms with Crippen LogP contribution in [0.1, 0.15) is 30.6 Å². The maximum atomic E-state index is 13.5. The molecule has 2 heterocycles. The first-order chi connectivity index (χ1) is 15.6. The Bertz CT molecular complexity index is 1280. The highest BCUT2D eigenvalue weighted by Gasteiger charge is 2.32. The molecule has 1 fully saturated rings. The fourth-order valence-electron chi connectivity index (χ4n) is 4.04. The second-order valence-electron chi connectivity index (χ2n) is 8.42. The fraction of sp³-hybridized carbons (Fsp3) is 0.304. The molecule has 1 saturated heterocycles. The third-order valence-electron chi connectivity index (χ3n) is 5.51. The number of hydrogen-bond acceptors (Lipinski definition) is 5. The molecule has 0 bridgehead atoms. The molecule has 1 amide bonds. The number of carbonyl (C=O) groups excluding carboxylic acids is 1. The molecule has 1 aliphatic rings. The van der Waals surface area contributed by atoms with Gasteiger partial charge in [-0.1, -0.05) is 19.9 Å². The minimum absolute atomic E-state index is 0.0677. The van der Waals surface area contributed by atoms with Crippen molar-refractivity contribution in [3.8, 4) is 11.3 Å². The molecule has 4 rings (SSSR count). The lowest BCUT2D eigenvalue weighted by molar-refractivity contribution is 0.102. The highest BCUT2D eigenvalue weighted by Crippen LogP contribution is 2.28. The Morgan fingerprint density at radius 1 is 1.09 bits per heavy atom. The van der Waals surface area contributed by atoms with Gasteiger partial charge in [0, 0.05) is 29.6 Å². The topological polar surface area (TPSA) is 79.4 Å². The molecule has 2 unspecified atom stereocenters. The van der Waals surface area contributed by atoms with Crippen molar-refractivity contribution in [2.45, 2.75) is 25.2 Å². The molecule has 10 heteroatoms. The Morgan fingerprint density at radius 3 is 2.52 bits per heavy atom. The first-order valence-corrected chi connectivity index (χ1v) is 12.8. The van der Waals surface area contributed by atoms with Gasteiger partial charge in [-0.2, -0.15) is 4.31 Å². The van der Waals surface area contributed by atoms with E-state index in [1.807, 2.05) is 13.8 Å². The molecule has 174 valence electrons. The molecule has 1 aliphatic heterocycles. The van der Waals surface area contributed by atoms with Gasteiger partial charge >= 0.3 is 0 Å². The zero-order valence-electron chi connectivity index (χ0n) is 18.1. The number of aromatic nitrogens is 1. The SMILES string of the molecule is CC1CC(C)CN(S(=O)(=O)c2cccc(C(=O)Nc3nc(-c4ccc(F)c(F)c4)cs3)c2)C1. The Kier molecular flexibility index (Phi) is 6.60. The van der Waals surface area contributed by atoms with Crippen LogP contribution < -0.4 is 5.32 Å².